The molecule has 0 saturated heterocycles. The molecule has 8 heteroatoms. The second-order valence-corrected chi connectivity index (χ2v) is 5.51. The zero-order chi connectivity index (χ0) is 17.6. The summed E-state index contributed by atoms with van der Waals surface area (Å²) in [6, 6.07) is 11.7. The van der Waals surface area contributed by atoms with Gasteiger partial charge in [0.1, 0.15) is 0 Å². The number of benzene rings is 1. The summed E-state index contributed by atoms with van der Waals surface area (Å²) in [4.78, 5) is 23.7. The summed E-state index contributed by atoms with van der Waals surface area (Å²) in [5, 5.41) is 9.63. The highest BCUT2D eigenvalue weighted by atomic mass is 35.5. The van der Waals surface area contributed by atoms with Gasteiger partial charge in [-0.2, -0.15) is 0 Å². The van der Waals surface area contributed by atoms with Crippen molar-refractivity contribution in [1.29, 1.82) is 0 Å². The van der Waals surface area contributed by atoms with E-state index in [4.69, 9.17) is 20.5 Å². The van der Waals surface area contributed by atoms with Crippen LogP contribution in [-0.2, 0) is 0 Å². The lowest BCUT2D eigenvalue weighted by Gasteiger charge is -2.04. The lowest BCUT2D eigenvalue weighted by atomic mass is 10.1. The van der Waals surface area contributed by atoms with Gasteiger partial charge in [-0.05, 0) is 36.4 Å². The lowest BCUT2D eigenvalue weighted by Crippen LogP contribution is -2.34. The van der Waals surface area contributed by atoms with Crippen molar-refractivity contribution < 1.29 is 18.5 Å². The van der Waals surface area contributed by atoms with Gasteiger partial charge in [0, 0.05) is 29.7 Å². The van der Waals surface area contributed by atoms with Crippen molar-refractivity contribution in [3.05, 3.63) is 65.2 Å². The number of carbonyl (C=O) groups is 2. The SMILES string of the molecule is O=C(NCCNC(=O)c1ccco1)c1cc(-c2ccc(Cl)cc2)on1. The van der Waals surface area contributed by atoms with Crippen LogP contribution in [-0.4, -0.2) is 30.1 Å². The van der Waals surface area contributed by atoms with Gasteiger partial charge in [-0.25, -0.2) is 0 Å². The second kappa shape index (κ2) is 7.67. The maximum atomic E-state index is 12.0. The smallest absolute Gasteiger partial charge is 0.287 e. The highest BCUT2D eigenvalue weighted by Gasteiger charge is 2.13. The Bertz CT molecular complexity index is 856. The van der Waals surface area contributed by atoms with Crippen LogP contribution in [0.15, 0.2) is 57.7 Å². The Hall–Kier alpha value is -3.06. The molecule has 0 radical (unpaired) electrons. The Morgan fingerprint density at radius 1 is 1.04 bits per heavy atom. The highest BCUT2D eigenvalue weighted by Crippen LogP contribution is 2.22. The molecule has 0 aliphatic rings. The molecule has 0 saturated carbocycles. The van der Waals surface area contributed by atoms with Crippen molar-refractivity contribution in [2.24, 2.45) is 0 Å². The minimum absolute atomic E-state index is 0.155. The number of furan rings is 1. The quantitative estimate of drug-likeness (QED) is 0.659. The zero-order valence-corrected chi connectivity index (χ0v) is 13.7. The number of hydrogen-bond donors (Lipinski definition) is 2. The van der Waals surface area contributed by atoms with E-state index in [2.05, 4.69) is 15.8 Å². The number of carbonyl (C=O) groups excluding carboxylic acids is 2. The molecule has 7 nitrogen and oxygen atoms in total. The van der Waals surface area contributed by atoms with Crippen LogP contribution in [0.5, 0.6) is 0 Å². The number of aromatic nitrogens is 1. The van der Waals surface area contributed by atoms with Crippen molar-refractivity contribution in [1.82, 2.24) is 15.8 Å². The normalized spacial score (nSPS) is 10.4. The fraction of sp³-hybridized carbons (Fsp3) is 0.118. The third-order valence-corrected chi connectivity index (χ3v) is 3.56. The van der Waals surface area contributed by atoms with Crippen LogP contribution in [0.25, 0.3) is 11.3 Å². The molecule has 2 amide bonds. The molecule has 0 aliphatic carbocycles. The summed E-state index contributed by atoms with van der Waals surface area (Å²) < 4.78 is 10.1. The molecule has 0 aliphatic heterocycles. The van der Waals surface area contributed by atoms with E-state index in [9.17, 15) is 9.59 Å². The van der Waals surface area contributed by atoms with Gasteiger partial charge in [-0.3, -0.25) is 9.59 Å². The van der Waals surface area contributed by atoms with Crippen molar-refractivity contribution in [3.8, 4) is 11.3 Å². The Kier molecular flexibility index (Phi) is 5.15. The second-order valence-electron chi connectivity index (χ2n) is 5.07. The van der Waals surface area contributed by atoms with E-state index in [0.717, 1.165) is 5.56 Å². The van der Waals surface area contributed by atoms with Crippen LogP contribution in [0.4, 0.5) is 0 Å². The summed E-state index contributed by atoms with van der Waals surface area (Å²) in [5.41, 5.74) is 0.920. The van der Waals surface area contributed by atoms with Crippen LogP contribution < -0.4 is 10.6 Å². The third-order valence-electron chi connectivity index (χ3n) is 3.31. The molecule has 0 spiro atoms. The van der Waals surface area contributed by atoms with Gasteiger partial charge in [-0.15, -0.1) is 0 Å². The van der Waals surface area contributed by atoms with Gasteiger partial charge in [0.25, 0.3) is 11.8 Å². The van der Waals surface area contributed by atoms with Gasteiger partial charge < -0.3 is 19.6 Å². The molecule has 0 fully saturated rings. The molecule has 0 bridgehead atoms. The first-order valence-corrected chi connectivity index (χ1v) is 7.84. The van der Waals surface area contributed by atoms with Crippen LogP contribution in [0.1, 0.15) is 21.0 Å². The summed E-state index contributed by atoms with van der Waals surface area (Å²) in [6.07, 6.45) is 1.42. The van der Waals surface area contributed by atoms with Gasteiger partial charge in [0.15, 0.2) is 17.2 Å². The minimum atomic E-state index is -0.392. The molecule has 2 aromatic heterocycles. The first-order valence-electron chi connectivity index (χ1n) is 7.46. The van der Waals surface area contributed by atoms with E-state index in [1.165, 1.54) is 6.26 Å². The van der Waals surface area contributed by atoms with Crippen molar-refractivity contribution in [2.75, 3.05) is 13.1 Å². The predicted octanol–water partition coefficient (Wildman–Crippen LogP) is 2.75. The van der Waals surface area contributed by atoms with E-state index in [0.29, 0.717) is 10.8 Å². The molecule has 2 N–H and O–H groups in total. The van der Waals surface area contributed by atoms with Gasteiger partial charge in [0.05, 0.1) is 6.26 Å². The maximum absolute atomic E-state index is 12.0. The first kappa shape index (κ1) is 16.8. The van der Waals surface area contributed by atoms with Gasteiger partial charge >= 0.3 is 0 Å². The predicted molar refractivity (Wildman–Crippen MR) is 90.3 cm³/mol. The Balaban J connectivity index is 1.49. The first-order chi connectivity index (χ1) is 12.1. The summed E-state index contributed by atoms with van der Waals surface area (Å²) in [6.45, 7) is 0.502. The van der Waals surface area contributed by atoms with Crippen LogP contribution in [0.2, 0.25) is 5.02 Å². The van der Waals surface area contributed by atoms with Crippen LogP contribution >= 0.6 is 11.6 Å². The van der Waals surface area contributed by atoms with Crippen molar-refractivity contribution in [2.45, 2.75) is 0 Å². The summed E-state index contributed by atoms with van der Waals surface area (Å²) >= 11 is 5.83. The molecular weight excluding hydrogens is 346 g/mol. The number of hydrogen-bond acceptors (Lipinski definition) is 5. The monoisotopic (exact) mass is 359 g/mol. The largest absolute Gasteiger partial charge is 0.459 e. The highest BCUT2D eigenvalue weighted by molar-refractivity contribution is 6.30. The number of amides is 2. The van der Waals surface area contributed by atoms with E-state index < -0.39 is 5.91 Å². The minimum Gasteiger partial charge on any atom is -0.459 e. The van der Waals surface area contributed by atoms with E-state index >= 15 is 0 Å². The Morgan fingerprint density at radius 3 is 2.44 bits per heavy atom. The molecule has 25 heavy (non-hydrogen) atoms. The molecule has 3 rings (SSSR count). The number of nitrogens with zero attached hydrogens (tertiary/aromatic N) is 1. The zero-order valence-electron chi connectivity index (χ0n) is 13.0. The molecule has 1 aromatic carbocycles. The van der Waals surface area contributed by atoms with Crippen LogP contribution in [0, 0.1) is 0 Å². The van der Waals surface area contributed by atoms with Gasteiger partial charge in [0.2, 0.25) is 0 Å². The summed E-state index contributed by atoms with van der Waals surface area (Å²) in [5.74, 6) is -0.0507. The van der Waals surface area contributed by atoms with Gasteiger partial charge in [-0.1, -0.05) is 16.8 Å². The molecule has 0 unspecified atom stereocenters. The maximum Gasteiger partial charge on any atom is 0.287 e. The number of rotatable bonds is 6. The fourth-order valence-electron chi connectivity index (χ4n) is 2.07. The van der Waals surface area contributed by atoms with E-state index in [1.807, 2.05) is 0 Å². The topological polar surface area (TPSA) is 97.4 Å². The molecular formula is C17H14ClN3O4. The van der Waals surface area contributed by atoms with Crippen molar-refractivity contribution >= 4 is 23.4 Å². The standard InChI is InChI=1S/C17H14ClN3O4/c18-12-5-3-11(4-6-12)15-10-13(21-25-15)16(22)19-7-8-20-17(23)14-2-1-9-24-14/h1-6,9-10H,7-8H2,(H,19,22)(H,20,23). The number of nitrogens with one attached hydrogen (secondary N) is 2. The van der Waals surface area contributed by atoms with E-state index in [1.54, 1.807) is 42.5 Å². The average molecular weight is 360 g/mol. The average Bonchev–Trinajstić information content (AvgIpc) is 3.30. The third kappa shape index (κ3) is 4.27. The lowest BCUT2D eigenvalue weighted by molar-refractivity contribution is 0.0908. The number of halogens is 1. The molecule has 2 heterocycles. The summed E-state index contributed by atoms with van der Waals surface area (Å²) in [7, 11) is 0. The Labute approximate surface area is 147 Å². The molecule has 3 aromatic rings. The van der Waals surface area contributed by atoms with Crippen LogP contribution in [0.3, 0.4) is 0 Å². The molecule has 128 valence electrons. The fourth-order valence-corrected chi connectivity index (χ4v) is 2.20. The van der Waals surface area contributed by atoms with E-state index in [-0.39, 0.29) is 30.5 Å². The molecule has 0 atom stereocenters. The van der Waals surface area contributed by atoms with Crippen molar-refractivity contribution in [3.63, 3.8) is 0 Å². The Morgan fingerprint density at radius 2 is 1.76 bits per heavy atom.